The molecule has 0 radical (unpaired) electrons. The molecule has 1 aliphatic heterocycles. The number of rotatable bonds is 3. The van der Waals surface area contributed by atoms with E-state index in [1.165, 1.54) is 11.1 Å². The maximum absolute atomic E-state index is 10.1. The minimum atomic E-state index is -0.397. The van der Waals surface area contributed by atoms with Crippen molar-refractivity contribution in [3.05, 3.63) is 34.9 Å². The summed E-state index contributed by atoms with van der Waals surface area (Å²) in [5, 5.41) is 13.1. The normalized spacial score (nSPS) is 18.2. The van der Waals surface area contributed by atoms with Crippen LogP contribution in [0.5, 0.6) is 0 Å². The molecule has 2 N–H and O–H groups in total. The van der Waals surface area contributed by atoms with Crippen molar-refractivity contribution in [2.24, 2.45) is 0 Å². The molecular weight excluding hydrogens is 200 g/mol. The summed E-state index contributed by atoms with van der Waals surface area (Å²) in [5.74, 6) is 0. The fourth-order valence-electron chi connectivity index (χ4n) is 2.36. The molecule has 0 saturated carbocycles. The van der Waals surface area contributed by atoms with Gasteiger partial charge in [-0.2, -0.15) is 0 Å². The van der Waals surface area contributed by atoms with Gasteiger partial charge in [-0.3, -0.25) is 0 Å². The van der Waals surface area contributed by atoms with Crippen LogP contribution in [0.3, 0.4) is 0 Å². The number of hydrogen-bond donors (Lipinski definition) is 2. The average molecular weight is 220 g/mol. The highest BCUT2D eigenvalue weighted by Crippen LogP contribution is 2.26. The molecule has 1 aromatic rings. The van der Waals surface area contributed by atoms with Crippen LogP contribution in [0.25, 0.3) is 0 Å². The van der Waals surface area contributed by atoms with Gasteiger partial charge in [-0.25, -0.2) is 0 Å². The molecule has 0 bridgehead atoms. The lowest BCUT2D eigenvalue weighted by molar-refractivity contribution is 0.174. The van der Waals surface area contributed by atoms with Crippen LogP contribution >= 0.6 is 0 Å². The van der Waals surface area contributed by atoms with E-state index in [0.29, 0.717) is 6.54 Å². The molecule has 3 nitrogen and oxygen atoms in total. The summed E-state index contributed by atoms with van der Waals surface area (Å²) in [6.07, 6.45) is 0.692. The third-order valence-corrected chi connectivity index (χ3v) is 3.26. The average Bonchev–Trinajstić information content (AvgIpc) is 2.28. The number of fused-ring (bicyclic) bond motifs is 1. The second kappa shape index (κ2) is 4.95. The Hall–Kier alpha value is -0.900. The highest BCUT2D eigenvalue weighted by molar-refractivity contribution is 5.38. The fraction of sp³-hybridized carbons (Fsp3) is 0.538. The van der Waals surface area contributed by atoms with Gasteiger partial charge in [0.2, 0.25) is 0 Å². The largest absolute Gasteiger partial charge is 0.387 e. The molecule has 0 fully saturated rings. The number of likely N-dealkylation sites (N-methyl/N-ethyl adjacent to an activating group) is 2. The van der Waals surface area contributed by atoms with E-state index in [9.17, 15) is 5.11 Å². The number of hydrogen-bond acceptors (Lipinski definition) is 3. The number of nitrogens with zero attached hydrogens (tertiary/aromatic N) is 1. The maximum Gasteiger partial charge on any atom is 0.0917 e. The topological polar surface area (TPSA) is 35.5 Å². The van der Waals surface area contributed by atoms with E-state index >= 15 is 0 Å². The Labute approximate surface area is 97.1 Å². The van der Waals surface area contributed by atoms with E-state index in [-0.39, 0.29) is 0 Å². The number of aliphatic hydroxyl groups is 1. The van der Waals surface area contributed by atoms with E-state index in [1.807, 2.05) is 13.1 Å². The van der Waals surface area contributed by atoms with Crippen LogP contribution in [0.2, 0.25) is 0 Å². The van der Waals surface area contributed by atoms with Crippen LogP contribution < -0.4 is 5.32 Å². The fourth-order valence-corrected chi connectivity index (χ4v) is 2.36. The zero-order valence-corrected chi connectivity index (χ0v) is 10.0. The molecular formula is C13H20N2O. The van der Waals surface area contributed by atoms with E-state index in [1.54, 1.807) is 0 Å². The van der Waals surface area contributed by atoms with Gasteiger partial charge in [0.1, 0.15) is 0 Å². The summed E-state index contributed by atoms with van der Waals surface area (Å²) in [6.45, 7) is 2.67. The van der Waals surface area contributed by atoms with Crippen LogP contribution in [0.4, 0.5) is 0 Å². The Morgan fingerprint density at radius 1 is 1.50 bits per heavy atom. The third kappa shape index (κ3) is 2.26. The van der Waals surface area contributed by atoms with Crippen LogP contribution in [-0.4, -0.2) is 37.2 Å². The van der Waals surface area contributed by atoms with Gasteiger partial charge >= 0.3 is 0 Å². The number of aliphatic hydroxyl groups excluding tert-OH is 1. The van der Waals surface area contributed by atoms with E-state index < -0.39 is 6.10 Å². The predicted octanol–water partition coefficient (Wildman–Crippen LogP) is 0.927. The van der Waals surface area contributed by atoms with Crippen molar-refractivity contribution >= 4 is 0 Å². The van der Waals surface area contributed by atoms with Gasteiger partial charge in [-0.1, -0.05) is 18.2 Å². The zero-order valence-electron chi connectivity index (χ0n) is 10.0. The second-order valence-electron chi connectivity index (χ2n) is 4.55. The molecule has 1 atom stereocenters. The first kappa shape index (κ1) is 11.6. The molecule has 0 aromatic heterocycles. The summed E-state index contributed by atoms with van der Waals surface area (Å²) in [7, 11) is 3.99. The Balaban J connectivity index is 2.31. The Kier molecular flexibility index (Phi) is 3.59. The molecule has 3 heteroatoms. The van der Waals surface area contributed by atoms with Crippen LogP contribution in [0, 0.1) is 0 Å². The first-order valence-corrected chi connectivity index (χ1v) is 5.84. The monoisotopic (exact) mass is 220 g/mol. The van der Waals surface area contributed by atoms with Crippen molar-refractivity contribution in [2.75, 3.05) is 27.2 Å². The summed E-state index contributed by atoms with van der Waals surface area (Å²) < 4.78 is 0. The molecule has 1 heterocycles. The Bertz CT molecular complexity index is 365. The number of nitrogens with one attached hydrogen (secondary N) is 1. The van der Waals surface area contributed by atoms with Gasteiger partial charge in [-0.15, -0.1) is 0 Å². The smallest absolute Gasteiger partial charge is 0.0917 e. The molecule has 0 aliphatic carbocycles. The van der Waals surface area contributed by atoms with Crippen molar-refractivity contribution in [1.29, 1.82) is 0 Å². The quantitative estimate of drug-likeness (QED) is 0.795. The lowest BCUT2D eigenvalue weighted by Crippen LogP contribution is -2.29. The molecule has 1 aliphatic rings. The van der Waals surface area contributed by atoms with Gasteiger partial charge in [0.05, 0.1) is 6.10 Å². The first-order valence-electron chi connectivity index (χ1n) is 5.84. The van der Waals surface area contributed by atoms with Gasteiger partial charge in [-0.05, 0) is 37.2 Å². The van der Waals surface area contributed by atoms with Gasteiger partial charge in [0, 0.05) is 19.6 Å². The van der Waals surface area contributed by atoms with Crippen molar-refractivity contribution in [3.8, 4) is 0 Å². The molecule has 1 unspecified atom stereocenters. The van der Waals surface area contributed by atoms with Gasteiger partial charge in [0.25, 0.3) is 0 Å². The lowest BCUT2D eigenvalue weighted by Gasteiger charge is -2.28. The van der Waals surface area contributed by atoms with Gasteiger partial charge < -0.3 is 15.3 Å². The molecule has 1 aromatic carbocycles. The molecule has 16 heavy (non-hydrogen) atoms. The minimum Gasteiger partial charge on any atom is -0.387 e. The highest BCUT2D eigenvalue weighted by Gasteiger charge is 2.19. The van der Waals surface area contributed by atoms with Crippen LogP contribution in [0.15, 0.2) is 18.2 Å². The van der Waals surface area contributed by atoms with Crippen molar-refractivity contribution in [3.63, 3.8) is 0 Å². The second-order valence-corrected chi connectivity index (χ2v) is 4.55. The Morgan fingerprint density at radius 2 is 2.31 bits per heavy atom. The van der Waals surface area contributed by atoms with Crippen molar-refractivity contribution in [1.82, 2.24) is 10.2 Å². The van der Waals surface area contributed by atoms with E-state index in [4.69, 9.17) is 0 Å². The number of benzene rings is 1. The molecule has 0 spiro atoms. The molecule has 2 rings (SSSR count). The standard InChI is InChI=1S/C13H20N2O/c1-14-8-13(16)11-5-3-4-10-6-7-15(2)9-12(10)11/h3-5,13-14,16H,6-9H2,1-2H3. The highest BCUT2D eigenvalue weighted by atomic mass is 16.3. The minimum absolute atomic E-state index is 0.397. The van der Waals surface area contributed by atoms with Crippen molar-refractivity contribution < 1.29 is 5.11 Å². The zero-order chi connectivity index (χ0) is 11.5. The lowest BCUT2D eigenvalue weighted by atomic mass is 9.92. The van der Waals surface area contributed by atoms with E-state index in [2.05, 4.69) is 29.4 Å². The Morgan fingerprint density at radius 3 is 3.06 bits per heavy atom. The first-order chi connectivity index (χ1) is 7.72. The summed E-state index contributed by atoms with van der Waals surface area (Å²) in [6, 6.07) is 6.27. The summed E-state index contributed by atoms with van der Waals surface area (Å²) in [5.41, 5.74) is 3.79. The summed E-state index contributed by atoms with van der Waals surface area (Å²) in [4.78, 5) is 2.30. The summed E-state index contributed by atoms with van der Waals surface area (Å²) >= 11 is 0. The molecule has 0 saturated heterocycles. The third-order valence-electron chi connectivity index (χ3n) is 3.26. The van der Waals surface area contributed by atoms with Crippen LogP contribution in [0.1, 0.15) is 22.8 Å². The van der Waals surface area contributed by atoms with Crippen molar-refractivity contribution in [2.45, 2.75) is 19.1 Å². The van der Waals surface area contributed by atoms with E-state index in [0.717, 1.165) is 25.1 Å². The maximum atomic E-state index is 10.1. The predicted molar refractivity (Wildman–Crippen MR) is 65.4 cm³/mol. The molecule has 0 amide bonds. The van der Waals surface area contributed by atoms with Gasteiger partial charge in [0.15, 0.2) is 0 Å². The molecule has 88 valence electrons. The SMILES string of the molecule is CNCC(O)c1cccc2c1CN(C)CC2. The van der Waals surface area contributed by atoms with Crippen LogP contribution in [-0.2, 0) is 13.0 Å².